The van der Waals surface area contributed by atoms with Crippen LogP contribution in [0.5, 0.6) is 17.2 Å². The van der Waals surface area contributed by atoms with E-state index in [1.807, 2.05) is 109 Å². The number of H-pyrrole nitrogens is 2. The smallest absolute Gasteiger partial charge is 0.326 e. The summed E-state index contributed by atoms with van der Waals surface area (Å²) < 4.78 is 20.1. The standard InChI is InChI=1S/C27H26N12O3.C27H25N9O3.C25H22N12O3/c1-2-42-21(41)15-38-16-28-23-25(38)29-27(37-13-11-36(12-14-37)17-7-9-18(40)10-8-17)30-26(23)39-20-6-4-3-5-19(20)22(33-39)24-31-34-35-32-24;1-3-39-22(38)16-35-17-29-23-25(35)30-27(34-14-12-33(13-15-34)18-8-10-19(37)11-9-18)31-26(23)36-21-7-5-4-6-20(21)24(28-2)32-36;38-16-7-5-15(6-8-16)34-9-11-35(12-10-34)25-27-23-21(26-14-36(23)13-19(39)40)24(28-25)37-18-4-2-1-3-17(18)20(31-37)22-29-32-33-30-22/h3-10,16,40H,2,11-15H2,1H3,(H,31,32,34,35);4-11,17,37H,3,12-16H2,1H3;1-8,14,38H,9-13H2,(H,39,40)(H,29,30,32,33). The average molecular weight is 1630 g/mol. The zero-order valence-electron chi connectivity index (χ0n) is 64.8. The highest BCUT2D eigenvalue weighted by Gasteiger charge is 2.32. The molecule has 0 unspecified atom stereocenters. The molecule has 20 rings (SSSR count). The van der Waals surface area contributed by atoms with Crippen LogP contribution in [0.2, 0.25) is 0 Å². The Morgan fingerprint density at radius 1 is 0.413 bits per heavy atom. The van der Waals surface area contributed by atoms with E-state index in [0.717, 1.165) is 70.6 Å². The highest BCUT2D eigenvalue weighted by molar-refractivity contribution is 5.97. The third-order valence-electron chi connectivity index (χ3n) is 20.7. The molecule has 0 radical (unpaired) electrons. The van der Waals surface area contributed by atoms with Gasteiger partial charge < -0.3 is 77.8 Å². The zero-order valence-corrected chi connectivity index (χ0v) is 64.8. The normalized spacial score (nSPS) is 13.8. The van der Waals surface area contributed by atoms with Crippen LogP contribution in [0.1, 0.15) is 13.8 Å². The van der Waals surface area contributed by atoms with Gasteiger partial charge in [-0.2, -0.15) is 50.5 Å². The zero-order chi connectivity index (χ0) is 82.8. The van der Waals surface area contributed by atoms with Crippen molar-refractivity contribution in [1.29, 1.82) is 0 Å². The van der Waals surface area contributed by atoms with Crippen LogP contribution >= 0.6 is 0 Å². The molecular formula is C79H73N33O9. The van der Waals surface area contributed by atoms with Crippen LogP contribution in [-0.4, -0.2) is 259 Å². The minimum atomic E-state index is -1.01. The maximum Gasteiger partial charge on any atom is 0.326 e. The number of nitrogens with zero attached hydrogens (tertiary/aromatic N) is 31. The number of anilines is 6. The Morgan fingerprint density at radius 3 is 1.07 bits per heavy atom. The molecule has 0 atom stereocenters. The van der Waals surface area contributed by atoms with Crippen molar-refractivity contribution >= 4 is 125 Å². The number of tetrazole rings is 2. The maximum atomic E-state index is 12.4. The third-order valence-corrected chi connectivity index (χ3v) is 20.7. The van der Waals surface area contributed by atoms with E-state index < -0.39 is 5.97 Å². The van der Waals surface area contributed by atoms with Crippen LogP contribution in [0.3, 0.4) is 0 Å². The van der Waals surface area contributed by atoms with E-state index in [1.165, 1.54) is 10.9 Å². The summed E-state index contributed by atoms with van der Waals surface area (Å²) >= 11 is 0. The molecule has 14 heterocycles. The van der Waals surface area contributed by atoms with Gasteiger partial charge in [0.25, 0.3) is 0 Å². The molecule has 42 heteroatoms. The number of carboxylic acids is 1. The number of aromatic nitrogens is 26. The number of imidazole rings is 3. The lowest BCUT2D eigenvalue weighted by Gasteiger charge is -2.36. The number of rotatable bonds is 19. The molecule has 42 nitrogen and oxygen atoms in total. The first-order chi connectivity index (χ1) is 59.2. The Bertz CT molecular complexity index is 6690. The topological polar surface area (TPSA) is 468 Å². The molecule has 0 bridgehead atoms. The largest absolute Gasteiger partial charge is 0.508 e. The van der Waals surface area contributed by atoms with Gasteiger partial charge in [0.1, 0.15) is 48.3 Å². The van der Waals surface area contributed by atoms with Gasteiger partial charge in [0, 0.05) is 112 Å². The molecular weight excluding hydrogens is 1560 g/mol. The summed E-state index contributed by atoms with van der Waals surface area (Å²) in [6.45, 7) is 19.6. The summed E-state index contributed by atoms with van der Waals surface area (Å²) in [5.74, 6) is 2.61. The van der Waals surface area contributed by atoms with E-state index in [9.17, 15) is 34.8 Å². The minimum absolute atomic E-state index is 0.0389. The van der Waals surface area contributed by atoms with E-state index >= 15 is 0 Å². The first-order valence-corrected chi connectivity index (χ1v) is 38.6. The van der Waals surface area contributed by atoms with Gasteiger partial charge in [0.15, 0.2) is 45.1 Å². The van der Waals surface area contributed by atoms with Gasteiger partial charge in [-0.05, 0) is 120 Å². The monoisotopic (exact) mass is 1630 g/mol. The number of benzene rings is 6. The molecule has 3 fully saturated rings. The lowest BCUT2D eigenvalue weighted by Crippen LogP contribution is -2.47. The summed E-state index contributed by atoms with van der Waals surface area (Å²) in [7, 11) is 0. The molecule has 0 amide bonds. The van der Waals surface area contributed by atoms with E-state index in [4.69, 9.17) is 56.1 Å². The molecule has 121 heavy (non-hydrogen) atoms. The molecule has 17 aromatic rings. The number of hydrogen-bond acceptors (Lipinski definition) is 32. The number of nitrogens with one attached hydrogen (secondary N) is 2. The van der Waals surface area contributed by atoms with Gasteiger partial charge in [-0.1, -0.05) is 61.2 Å². The fourth-order valence-electron chi connectivity index (χ4n) is 14.9. The predicted octanol–water partition coefficient (Wildman–Crippen LogP) is 6.71. The number of piperazine rings is 3. The quantitative estimate of drug-likeness (QED) is 0.0361. The van der Waals surface area contributed by atoms with Crippen LogP contribution < -0.4 is 29.4 Å². The second-order valence-electron chi connectivity index (χ2n) is 28.0. The summed E-state index contributed by atoms with van der Waals surface area (Å²) in [4.78, 5) is 95.8. The molecule has 3 saturated heterocycles. The van der Waals surface area contributed by atoms with Crippen molar-refractivity contribution in [2.75, 3.05) is 121 Å². The van der Waals surface area contributed by atoms with Gasteiger partial charge in [0.2, 0.25) is 35.3 Å². The van der Waals surface area contributed by atoms with Crippen molar-refractivity contribution in [3.8, 4) is 57.7 Å². The van der Waals surface area contributed by atoms with Crippen molar-refractivity contribution in [2.45, 2.75) is 33.5 Å². The Balaban J connectivity index is 0.000000124. The number of esters is 2. The molecule has 0 aliphatic carbocycles. The van der Waals surface area contributed by atoms with Gasteiger partial charge in [-0.25, -0.2) is 24.3 Å². The van der Waals surface area contributed by atoms with Crippen molar-refractivity contribution in [3.63, 3.8) is 0 Å². The molecule has 0 saturated carbocycles. The van der Waals surface area contributed by atoms with Crippen molar-refractivity contribution < 1.29 is 44.3 Å². The van der Waals surface area contributed by atoms with Gasteiger partial charge >= 0.3 is 23.7 Å². The van der Waals surface area contributed by atoms with E-state index in [0.29, 0.717) is 150 Å². The van der Waals surface area contributed by atoms with Crippen LogP contribution in [0, 0.1) is 6.57 Å². The number of phenolic OH excluding ortho intramolecular Hbond substituents is 3. The van der Waals surface area contributed by atoms with Crippen molar-refractivity contribution in [1.82, 2.24) is 129 Å². The van der Waals surface area contributed by atoms with Crippen LogP contribution in [0.4, 0.5) is 40.7 Å². The summed E-state index contributed by atoms with van der Waals surface area (Å²) in [6.07, 6.45) is 4.57. The summed E-state index contributed by atoms with van der Waals surface area (Å²) in [5.41, 5.74) is 9.14. The predicted molar refractivity (Wildman–Crippen MR) is 441 cm³/mol. The van der Waals surface area contributed by atoms with Crippen LogP contribution in [-0.2, 0) is 43.5 Å². The maximum absolute atomic E-state index is 12.4. The Hall–Kier alpha value is -16.4. The Labute approximate surface area is 683 Å². The number of hydrogen-bond donors (Lipinski definition) is 6. The number of aromatic amines is 2. The summed E-state index contributed by atoms with van der Waals surface area (Å²) in [5, 5.41) is 83.7. The fraction of sp³-hybridized carbons (Fsp3) is 0.241. The first kappa shape index (κ1) is 75.9. The van der Waals surface area contributed by atoms with E-state index in [2.05, 4.69) is 95.5 Å². The van der Waals surface area contributed by atoms with Crippen LogP contribution in [0.25, 0.3) is 112 Å². The summed E-state index contributed by atoms with van der Waals surface area (Å²) in [6, 6.07) is 44.3. The lowest BCUT2D eigenvalue weighted by atomic mass is 10.2. The van der Waals surface area contributed by atoms with Gasteiger partial charge in [-0.15, -0.1) is 25.1 Å². The fourth-order valence-corrected chi connectivity index (χ4v) is 14.9. The lowest BCUT2D eigenvalue weighted by molar-refractivity contribution is -0.144. The van der Waals surface area contributed by atoms with Gasteiger partial charge in [-0.3, -0.25) is 14.4 Å². The molecule has 0 spiro atoms. The number of carbonyl (C=O) groups excluding carboxylic acids is 2. The number of aliphatic carboxylic acids is 1. The second-order valence-corrected chi connectivity index (χ2v) is 28.0. The number of fused-ring (bicyclic) bond motifs is 6. The van der Waals surface area contributed by atoms with Crippen LogP contribution in [0.15, 0.2) is 165 Å². The van der Waals surface area contributed by atoms with Gasteiger partial charge in [0.05, 0.1) is 48.7 Å². The number of ether oxygens (including phenoxy) is 2. The Kier molecular flexibility index (Phi) is 20.5. The number of carboxylic acid groups (broad SMARTS) is 1. The molecule has 3 aliphatic heterocycles. The molecule has 6 N–H and O–H groups in total. The molecule has 11 aromatic heterocycles. The highest BCUT2D eigenvalue weighted by Crippen LogP contribution is 2.36. The number of para-hydroxylation sites is 3. The average Bonchev–Trinajstić information content (AvgIpc) is 1.59. The van der Waals surface area contributed by atoms with E-state index in [1.54, 1.807) is 86.1 Å². The number of aromatic hydroxyl groups is 3. The minimum Gasteiger partial charge on any atom is -0.508 e. The SMILES string of the molecule is CCOC(=O)Cn1cnc2c(-n3nc(-c4nn[nH]n4)c4ccccc43)nc(N3CCN(c4ccc(O)cc4)CC3)nc21.O=C(O)Cn1cnc2c(-n3nc(-c4nn[nH]n4)c4ccccc43)nc(N3CCN(c4ccc(O)cc4)CC3)nc21.[C-]#[N+]c1nn(-c2nc(N3CCN(c4ccc(O)cc4)CC3)nc3c2ncn3CC(=O)OCC)c2ccccc12. The number of carbonyl (C=O) groups is 3. The molecule has 3 aliphatic rings. The Morgan fingerprint density at radius 2 is 0.736 bits per heavy atom. The molecule has 6 aromatic carbocycles. The number of phenols is 3. The van der Waals surface area contributed by atoms with E-state index in [-0.39, 0.29) is 67.9 Å². The highest BCUT2D eigenvalue weighted by atomic mass is 16.5. The van der Waals surface area contributed by atoms with Crippen molar-refractivity contribution in [2.24, 2.45) is 0 Å². The molecule has 608 valence electrons. The first-order valence-electron chi connectivity index (χ1n) is 38.6. The third kappa shape index (κ3) is 15.2. The van der Waals surface area contributed by atoms with Crippen molar-refractivity contribution in [3.05, 3.63) is 176 Å². The second kappa shape index (κ2) is 32.7.